The van der Waals surface area contributed by atoms with Crippen LogP contribution in [0.25, 0.3) is 0 Å². The molecule has 9 heteroatoms. The molecule has 0 bridgehead atoms. The van der Waals surface area contributed by atoms with Gasteiger partial charge in [-0.05, 0) is 42.5 Å². The van der Waals surface area contributed by atoms with Gasteiger partial charge in [-0.3, -0.25) is 4.79 Å². The summed E-state index contributed by atoms with van der Waals surface area (Å²) < 4.78 is 42.0. The predicted molar refractivity (Wildman–Crippen MR) is 101 cm³/mol. The summed E-state index contributed by atoms with van der Waals surface area (Å²) in [6.07, 6.45) is -0.0949. The van der Waals surface area contributed by atoms with Crippen molar-refractivity contribution in [3.05, 3.63) is 53.6 Å². The maximum Gasteiger partial charge on any atom is 0.307 e. The molecule has 0 saturated carbocycles. The SMILES string of the molecule is COc1ccc(OCCOC(=O)CCNS(=O)(=O)c2cccc(Cl)c2)cc1. The normalized spacial score (nSPS) is 11.0. The van der Waals surface area contributed by atoms with Crippen LogP contribution >= 0.6 is 11.6 Å². The Hall–Kier alpha value is -2.29. The third-order valence-corrected chi connectivity index (χ3v) is 5.10. The van der Waals surface area contributed by atoms with Crippen molar-refractivity contribution in [1.82, 2.24) is 4.72 Å². The molecule has 2 rings (SSSR count). The van der Waals surface area contributed by atoms with E-state index in [1.54, 1.807) is 37.4 Å². The van der Waals surface area contributed by atoms with Crippen LogP contribution in [0.1, 0.15) is 6.42 Å². The van der Waals surface area contributed by atoms with Crippen LogP contribution in [0.4, 0.5) is 0 Å². The van der Waals surface area contributed by atoms with Crippen molar-refractivity contribution in [3.8, 4) is 11.5 Å². The maximum atomic E-state index is 12.1. The summed E-state index contributed by atoms with van der Waals surface area (Å²) in [6, 6.07) is 12.9. The molecule has 0 unspecified atom stereocenters. The first-order valence-electron chi connectivity index (χ1n) is 8.08. The van der Waals surface area contributed by atoms with Crippen molar-refractivity contribution in [1.29, 1.82) is 0 Å². The highest BCUT2D eigenvalue weighted by Crippen LogP contribution is 2.17. The molecule has 0 atom stereocenters. The lowest BCUT2D eigenvalue weighted by atomic mass is 10.3. The number of benzene rings is 2. The van der Waals surface area contributed by atoms with E-state index in [2.05, 4.69) is 4.72 Å². The first kappa shape index (κ1) is 21.0. The van der Waals surface area contributed by atoms with E-state index in [-0.39, 0.29) is 31.1 Å². The molecule has 0 spiro atoms. The molecule has 0 aromatic heterocycles. The summed E-state index contributed by atoms with van der Waals surface area (Å²) in [5, 5.41) is 0.314. The number of carbonyl (C=O) groups is 1. The molecule has 0 aliphatic rings. The second-order valence-corrected chi connectivity index (χ2v) is 7.55. The van der Waals surface area contributed by atoms with Crippen LogP contribution in [-0.2, 0) is 19.6 Å². The van der Waals surface area contributed by atoms with Gasteiger partial charge in [0.15, 0.2) is 0 Å². The van der Waals surface area contributed by atoms with E-state index >= 15 is 0 Å². The van der Waals surface area contributed by atoms with Gasteiger partial charge in [-0.25, -0.2) is 13.1 Å². The lowest BCUT2D eigenvalue weighted by Crippen LogP contribution is -2.27. The minimum Gasteiger partial charge on any atom is -0.497 e. The number of methoxy groups -OCH3 is 1. The molecular formula is C18H20ClNO6S. The van der Waals surface area contributed by atoms with Gasteiger partial charge in [0.2, 0.25) is 10.0 Å². The Kier molecular flexibility index (Phi) is 7.90. The Morgan fingerprint density at radius 2 is 1.78 bits per heavy atom. The molecule has 0 fully saturated rings. The molecule has 27 heavy (non-hydrogen) atoms. The molecule has 1 N–H and O–H groups in total. The predicted octanol–water partition coefficient (Wildman–Crippen LogP) is 2.64. The molecule has 0 amide bonds. The van der Waals surface area contributed by atoms with Crippen LogP contribution in [0.2, 0.25) is 5.02 Å². The largest absolute Gasteiger partial charge is 0.497 e. The van der Waals surface area contributed by atoms with Crippen molar-refractivity contribution >= 4 is 27.6 Å². The van der Waals surface area contributed by atoms with Crippen LogP contribution < -0.4 is 14.2 Å². The van der Waals surface area contributed by atoms with Crippen molar-refractivity contribution in [3.63, 3.8) is 0 Å². The molecule has 0 aliphatic heterocycles. The number of hydrogen-bond donors (Lipinski definition) is 1. The first-order chi connectivity index (χ1) is 12.9. The van der Waals surface area contributed by atoms with Crippen LogP contribution in [0.3, 0.4) is 0 Å². The Labute approximate surface area is 163 Å². The van der Waals surface area contributed by atoms with Gasteiger partial charge in [0.05, 0.1) is 18.4 Å². The van der Waals surface area contributed by atoms with E-state index < -0.39 is 16.0 Å². The minimum absolute atomic E-state index is 0.0382. The fourth-order valence-corrected chi connectivity index (χ4v) is 3.40. The molecular weight excluding hydrogens is 394 g/mol. The maximum absolute atomic E-state index is 12.1. The van der Waals surface area contributed by atoms with Crippen LogP contribution in [-0.4, -0.2) is 41.3 Å². The monoisotopic (exact) mass is 413 g/mol. The molecule has 2 aromatic carbocycles. The number of ether oxygens (including phenoxy) is 3. The summed E-state index contributed by atoms with van der Waals surface area (Å²) in [7, 11) is -2.15. The van der Waals surface area contributed by atoms with Gasteiger partial charge in [0.25, 0.3) is 0 Å². The molecule has 2 aromatic rings. The van der Waals surface area contributed by atoms with Gasteiger partial charge in [0.1, 0.15) is 24.7 Å². The van der Waals surface area contributed by atoms with Crippen LogP contribution in [0.15, 0.2) is 53.4 Å². The Morgan fingerprint density at radius 3 is 2.44 bits per heavy atom. The zero-order valence-corrected chi connectivity index (χ0v) is 16.3. The van der Waals surface area contributed by atoms with E-state index in [1.807, 2.05) is 0 Å². The standard InChI is InChI=1S/C18H20ClNO6S/c1-24-15-5-7-16(8-6-15)25-11-12-26-18(21)9-10-20-27(22,23)17-4-2-3-14(19)13-17/h2-8,13,20H,9-12H2,1H3. The highest BCUT2D eigenvalue weighted by atomic mass is 35.5. The van der Waals surface area contributed by atoms with E-state index in [1.165, 1.54) is 18.2 Å². The van der Waals surface area contributed by atoms with Gasteiger partial charge >= 0.3 is 5.97 Å². The number of esters is 1. The number of hydrogen-bond acceptors (Lipinski definition) is 6. The molecule has 146 valence electrons. The fourth-order valence-electron chi connectivity index (χ4n) is 2.06. The van der Waals surface area contributed by atoms with Gasteiger partial charge < -0.3 is 14.2 Å². The first-order valence-corrected chi connectivity index (χ1v) is 9.94. The van der Waals surface area contributed by atoms with E-state index in [9.17, 15) is 13.2 Å². The summed E-state index contributed by atoms with van der Waals surface area (Å²) in [4.78, 5) is 11.7. The molecule has 0 saturated heterocycles. The Morgan fingerprint density at radius 1 is 1.07 bits per heavy atom. The lowest BCUT2D eigenvalue weighted by Gasteiger charge is -2.09. The van der Waals surface area contributed by atoms with Crippen molar-refractivity contribution in [2.45, 2.75) is 11.3 Å². The topological polar surface area (TPSA) is 90.9 Å². The number of nitrogens with one attached hydrogen (secondary N) is 1. The zero-order chi connectivity index (χ0) is 19.7. The Bertz CT molecular complexity index is 854. The molecule has 7 nitrogen and oxygen atoms in total. The van der Waals surface area contributed by atoms with Crippen LogP contribution in [0, 0.1) is 0 Å². The molecule has 0 heterocycles. The van der Waals surface area contributed by atoms with Gasteiger partial charge in [-0.2, -0.15) is 0 Å². The average molecular weight is 414 g/mol. The summed E-state index contributed by atoms with van der Waals surface area (Å²) >= 11 is 5.78. The van der Waals surface area contributed by atoms with Gasteiger partial charge in [-0.15, -0.1) is 0 Å². The average Bonchev–Trinajstić information content (AvgIpc) is 2.65. The number of sulfonamides is 1. The second-order valence-electron chi connectivity index (χ2n) is 5.35. The fraction of sp³-hybridized carbons (Fsp3) is 0.278. The number of rotatable bonds is 10. The van der Waals surface area contributed by atoms with Gasteiger partial charge in [0, 0.05) is 11.6 Å². The number of carbonyl (C=O) groups excluding carboxylic acids is 1. The van der Waals surface area contributed by atoms with Gasteiger partial charge in [-0.1, -0.05) is 17.7 Å². The summed E-state index contributed by atoms with van der Waals surface area (Å²) in [5.74, 6) is 0.817. The lowest BCUT2D eigenvalue weighted by molar-refractivity contribution is -0.144. The van der Waals surface area contributed by atoms with Crippen molar-refractivity contribution < 1.29 is 27.4 Å². The van der Waals surface area contributed by atoms with E-state index in [0.717, 1.165) is 0 Å². The summed E-state index contributed by atoms with van der Waals surface area (Å²) in [5.41, 5.74) is 0. The second kappa shape index (κ2) is 10.1. The zero-order valence-electron chi connectivity index (χ0n) is 14.7. The third-order valence-electron chi connectivity index (χ3n) is 3.40. The minimum atomic E-state index is -3.72. The quantitative estimate of drug-likeness (QED) is 0.475. The highest BCUT2D eigenvalue weighted by Gasteiger charge is 2.14. The molecule has 0 radical (unpaired) electrons. The third kappa shape index (κ3) is 7.09. The van der Waals surface area contributed by atoms with Crippen molar-refractivity contribution in [2.75, 3.05) is 26.9 Å². The summed E-state index contributed by atoms with van der Waals surface area (Å²) in [6.45, 7) is 0.172. The van der Waals surface area contributed by atoms with Crippen molar-refractivity contribution in [2.24, 2.45) is 0 Å². The van der Waals surface area contributed by atoms with E-state index in [0.29, 0.717) is 16.5 Å². The highest BCUT2D eigenvalue weighted by molar-refractivity contribution is 7.89. The number of halogens is 1. The molecule has 0 aliphatic carbocycles. The Balaban J connectivity index is 1.65. The van der Waals surface area contributed by atoms with E-state index in [4.69, 9.17) is 25.8 Å². The van der Waals surface area contributed by atoms with Crippen LogP contribution in [0.5, 0.6) is 11.5 Å². The smallest absolute Gasteiger partial charge is 0.307 e.